The standard InChI is InChI=1S/C20H18O4/c1-12-4-5-15(8-13(12)2)18(21)11-23-16-6-7-17-14(3)9-20(22)24-19(17)10-16/h4-10H,11H2,1-3H3. The van der Waals surface area contributed by atoms with Crippen LogP contribution in [0.15, 0.2) is 51.7 Å². The Labute approximate surface area is 139 Å². The number of Topliss-reactive ketones (excluding diaryl/α,β-unsaturated/α-hetero) is 1. The second-order valence-corrected chi connectivity index (χ2v) is 5.92. The molecule has 4 nitrogen and oxygen atoms in total. The Hall–Kier alpha value is -2.88. The van der Waals surface area contributed by atoms with Crippen LogP contribution in [0, 0.1) is 20.8 Å². The SMILES string of the molecule is Cc1ccc(C(=O)COc2ccc3c(C)cc(=O)oc3c2)cc1C. The number of hydrogen-bond acceptors (Lipinski definition) is 4. The average Bonchev–Trinajstić information content (AvgIpc) is 2.54. The summed E-state index contributed by atoms with van der Waals surface area (Å²) in [6.07, 6.45) is 0. The maximum Gasteiger partial charge on any atom is 0.336 e. The second-order valence-electron chi connectivity index (χ2n) is 5.92. The fourth-order valence-corrected chi connectivity index (χ4v) is 2.54. The molecular formula is C20H18O4. The van der Waals surface area contributed by atoms with E-state index in [1.54, 1.807) is 18.2 Å². The summed E-state index contributed by atoms with van der Waals surface area (Å²) in [6, 6.07) is 12.3. The first kappa shape index (κ1) is 16.0. The maximum atomic E-state index is 12.3. The highest BCUT2D eigenvalue weighted by Crippen LogP contribution is 2.22. The van der Waals surface area contributed by atoms with Crippen LogP contribution >= 0.6 is 0 Å². The van der Waals surface area contributed by atoms with Crippen molar-refractivity contribution in [2.75, 3.05) is 6.61 Å². The first-order chi connectivity index (χ1) is 11.4. The summed E-state index contributed by atoms with van der Waals surface area (Å²) in [7, 11) is 0. The average molecular weight is 322 g/mol. The summed E-state index contributed by atoms with van der Waals surface area (Å²) < 4.78 is 10.8. The smallest absolute Gasteiger partial charge is 0.336 e. The van der Waals surface area contributed by atoms with Crippen molar-refractivity contribution >= 4 is 16.8 Å². The molecule has 0 aliphatic rings. The molecule has 1 aromatic heterocycles. The fourth-order valence-electron chi connectivity index (χ4n) is 2.54. The first-order valence-corrected chi connectivity index (χ1v) is 7.72. The molecule has 122 valence electrons. The molecule has 0 atom stereocenters. The van der Waals surface area contributed by atoms with Crippen LogP contribution < -0.4 is 10.4 Å². The van der Waals surface area contributed by atoms with E-state index >= 15 is 0 Å². The van der Waals surface area contributed by atoms with Crippen molar-refractivity contribution in [3.05, 3.63) is 75.1 Å². The summed E-state index contributed by atoms with van der Waals surface area (Å²) >= 11 is 0. The lowest BCUT2D eigenvalue weighted by Gasteiger charge is -2.08. The van der Waals surface area contributed by atoms with Crippen molar-refractivity contribution < 1.29 is 13.9 Å². The molecule has 0 fully saturated rings. The normalized spacial score (nSPS) is 10.8. The molecule has 0 bridgehead atoms. The number of carbonyl (C=O) groups excluding carboxylic acids is 1. The van der Waals surface area contributed by atoms with Gasteiger partial charge < -0.3 is 9.15 Å². The van der Waals surface area contributed by atoms with Crippen molar-refractivity contribution in [1.29, 1.82) is 0 Å². The minimum atomic E-state index is -0.400. The third kappa shape index (κ3) is 3.23. The van der Waals surface area contributed by atoms with Gasteiger partial charge in [0.2, 0.25) is 0 Å². The molecule has 0 unspecified atom stereocenters. The Morgan fingerprint density at radius 3 is 2.50 bits per heavy atom. The van der Waals surface area contributed by atoms with Gasteiger partial charge in [-0.15, -0.1) is 0 Å². The topological polar surface area (TPSA) is 56.5 Å². The van der Waals surface area contributed by atoms with E-state index in [1.807, 2.05) is 39.0 Å². The number of ether oxygens (including phenoxy) is 1. The van der Waals surface area contributed by atoms with E-state index in [0.717, 1.165) is 22.1 Å². The van der Waals surface area contributed by atoms with Gasteiger partial charge in [0.05, 0.1) is 0 Å². The molecule has 3 aromatic rings. The summed E-state index contributed by atoms with van der Waals surface area (Å²) in [4.78, 5) is 23.7. The van der Waals surface area contributed by atoms with Gasteiger partial charge in [0.1, 0.15) is 11.3 Å². The molecular weight excluding hydrogens is 304 g/mol. The summed E-state index contributed by atoms with van der Waals surface area (Å²) in [5, 5.41) is 0.849. The summed E-state index contributed by atoms with van der Waals surface area (Å²) in [6.45, 7) is 5.76. The number of benzene rings is 2. The Bertz CT molecular complexity index is 983. The fraction of sp³-hybridized carbons (Fsp3) is 0.200. The Morgan fingerprint density at radius 1 is 0.958 bits per heavy atom. The number of hydrogen-bond donors (Lipinski definition) is 0. The van der Waals surface area contributed by atoms with E-state index in [-0.39, 0.29) is 12.4 Å². The van der Waals surface area contributed by atoms with Crippen molar-refractivity contribution in [3.8, 4) is 5.75 Å². The van der Waals surface area contributed by atoms with E-state index in [4.69, 9.17) is 9.15 Å². The molecule has 24 heavy (non-hydrogen) atoms. The number of fused-ring (bicyclic) bond motifs is 1. The Kier molecular flexibility index (Phi) is 4.21. The number of ketones is 1. The third-order valence-electron chi connectivity index (χ3n) is 4.12. The number of aryl methyl sites for hydroxylation is 3. The summed E-state index contributed by atoms with van der Waals surface area (Å²) in [5.41, 5.74) is 3.75. The lowest BCUT2D eigenvalue weighted by atomic mass is 10.0. The lowest BCUT2D eigenvalue weighted by Crippen LogP contribution is -2.12. The molecule has 0 saturated carbocycles. The van der Waals surface area contributed by atoms with E-state index in [1.165, 1.54) is 6.07 Å². The van der Waals surface area contributed by atoms with Gasteiger partial charge in [-0.2, -0.15) is 0 Å². The second kappa shape index (κ2) is 6.32. The molecule has 0 aliphatic carbocycles. The highest BCUT2D eigenvalue weighted by atomic mass is 16.5. The van der Waals surface area contributed by atoms with Crippen LogP contribution in [0.25, 0.3) is 11.0 Å². The predicted molar refractivity (Wildman–Crippen MR) is 93.0 cm³/mol. The van der Waals surface area contributed by atoms with Crippen molar-refractivity contribution in [2.45, 2.75) is 20.8 Å². The highest BCUT2D eigenvalue weighted by molar-refractivity contribution is 5.97. The maximum absolute atomic E-state index is 12.3. The molecule has 3 rings (SSSR count). The van der Waals surface area contributed by atoms with Gasteiger partial charge in [-0.25, -0.2) is 4.79 Å². The largest absolute Gasteiger partial charge is 0.485 e. The highest BCUT2D eigenvalue weighted by Gasteiger charge is 2.09. The molecule has 2 aromatic carbocycles. The van der Waals surface area contributed by atoms with Gasteiger partial charge in [0, 0.05) is 23.1 Å². The Morgan fingerprint density at radius 2 is 1.75 bits per heavy atom. The number of rotatable bonds is 4. The van der Waals surface area contributed by atoms with Crippen molar-refractivity contribution in [2.24, 2.45) is 0 Å². The van der Waals surface area contributed by atoms with Gasteiger partial charge in [-0.1, -0.05) is 12.1 Å². The quantitative estimate of drug-likeness (QED) is 0.538. The van der Waals surface area contributed by atoms with Gasteiger partial charge in [-0.05, 0) is 55.7 Å². The molecule has 0 saturated heterocycles. The summed E-state index contributed by atoms with van der Waals surface area (Å²) in [5.74, 6) is 0.400. The molecule has 0 spiro atoms. The van der Waals surface area contributed by atoms with Crippen LogP contribution in [0.2, 0.25) is 0 Å². The van der Waals surface area contributed by atoms with E-state index < -0.39 is 5.63 Å². The van der Waals surface area contributed by atoms with E-state index in [0.29, 0.717) is 16.9 Å². The zero-order valence-electron chi connectivity index (χ0n) is 13.9. The molecule has 4 heteroatoms. The lowest BCUT2D eigenvalue weighted by molar-refractivity contribution is 0.0921. The van der Waals surface area contributed by atoms with Crippen LogP contribution in [0.3, 0.4) is 0 Å². The van der Waals surface area contributed by atoms with Crippen LogP contribution in [-0.4, -0.2) is 12.4 Å². The molecule has 0 N–H and O–H groups in total. The molecule has 0 aliphatic heterocycles. The zero-order chi connectivity index (χ0) is 17.3. The van der Waals surface area contributed by atoms with E-state index in [9.17, 15) is 9.59 Å². The van der Waals surface area contributed by atoms with Gasteiger partial charge in [0.25, 0.3) is 0 Å². The number of carbonyl (C=O) groups is 1. The molecule has 0 radical (unpaired) electrons. The van der Waals surface area contributed by atoms with Crippen LogP contribution in [0.4, 0.5) is 0 Å². The van der Waals surface area contributed by atoms with E-state index in [2.05, 4.69) is 0 Å². The van der Waals surface area contributed by atoms with Crippen molar-refractivity contribution in [1.82, 2.24) is 0 Å². The van der Waals surface area contributed by atoms with Gasteiger partial charge >= 0.3 is 5.63 Å². The zero-order valence-corrected chi connectivity index (χ0v) is 13.9. The van der Waals surface area contributed by atoms with Crippen molar-refractivity contribution in [3.63, 3.8) is 0 Å². The third-order valence-corrected chi connectivity index (χ3v) is 4.12. The molecule has 1 heterocycles. The minimum absolute atomic E-state index is 0.0654. The van der Waals surface area contributed by atoms with Crippen LogP contribution in [0.5, 0.6) is 5.75 Å². The Balaban J connectivity index is 1.78. The van der Waals surface area contributed by atoms with Gasteiger partial charge in [-0.3, -0.25) is 4.79 Å². The van der Waals surface area contributed by atoms with Crippen LogP contribution in [0.1, 0.15) is 27.0 Å². The predicted octanol–water partition coefficient (Wildman–Crippen LogP) is 3.98. The van der Waals surface area contributed by atoms with Crippen LogP contribution in [-0.2, 0) is 0 Å². The van der Waals surface area contributed by atoms with Gasteiger partial charge in [0.15, 0.2) is 12.4 Å². The molecule has 0 amide bonds. The minimum Gasteiger partial charge on any atom is -0.485 e. The monoisotopic (exact) mass is 322 g/mol. The first-order valence-electron chi connectivity index (χ1n) is 7.72.